The van der Waals surface area contributed by atoms with Crippen molar-refractivity contribution in [1.82, 2.24) is 5.32 Å². The van der Waals surface area contributed by atoms with Gasteiger partial charge in [-0.1, -0.05) is 17.7 Å². The highest BCUT2D eigenvalue weighted by molar-refractivity contribution is 6.32. The topological polar surface area (TPSA) is 39.7 Å². The molecular formula is C15H24ClNO3. The number of methoxy groups -OCH3 is 1. The van der Waals surface area contributed by atoms with E-state index in [1.807, 2.05) is 25.1 Å². The number of hydrogen-bond acceptors (Lipinski definition) is 4. The molecule has 114 valence electrons. The molecule has 20 heavy (non-hydrogen) atoms. The van der Waals surface area contributed by atoms with Gasteiger partial charge in [0.25, 0.3) is 0 Å². The van der Waals surface area contributed by atoms with Crippen molar-refractivity contribution in [2.24, 2.45) is 0 Å². The van der Waals surface area contributed by atoms with E-state index in [4.69, 9.17) is 25.8 Å². The van der Waals surface area contributed by atoms with E-state index in [2.05, 4.69) is 5.32 Å². The van der Waals surface area contributed by atoms with Gasteiger partial charge >= 0.3 is 0 Å². The van der Waals surface area contributed by atoms with Gasteiger partial charge in [-0.05, 0) is 24.6 Å². The van der Waals surface area contributed by atoms with E-state index in [0.29, 0.717) is 18.2 Å². The normalized spacial score (nSPS) is 10.8. The lowest BCUT2D eigenvalue weighted by Gasteiger charge is -2.10. The van der Waals surface area contributed by atoms with Gasteiger partial charge in [-0.3, -0.25) is 0 Å². The number of halogens is 1. The van der Waals surface area contributed by atoms with Crippen LogP contribution in [0, 0.1) is 0 Å². The second-order valence-electron chi connectivity index (χ2n) is 4.33. The van der Waals surface area contributed by atoms with Crippen LogP contribution >= 0.6 is 11.6 Å². The summed E-state index contributed by atoms with van der Waals surface area (Å²) in [7, 11) is 1.69. The lowest BCUT2D eigenvalue weighted by molar-refractivity contribution is 0.131. The summed E-state index contributed by atoms with van der Waals surface area (Å²) in [5, 5.41) is 3.92. The maximum Gasteiger partial charge on any atom is 0.137 e. The van der Waals surface area contributed by atoms with Crippen LogP contribution in [0.25, 0.3) is 0 Å². The Balaban J connectivity index is 2.31. The number of rotatable bonds is 11. The fourth-order valence-corrected chi connectivity index (χ4v) is 1.92. The third-order valence-corrected chi connectivity index (χ3v) is 3.00. The predicted molar refractivity (Wildman–Crippen MR) is 81.6 cm³/mol. The molecule has 0 unspecified atom stereocenters. The Labute approximate surface area is 126 Å². The fourth-order valence-electron chi connectivity index (χ4n) is 1.67. The third kappa shape index (κ3) is 7.10. The second-order valence-corrected chi connectivity index (χ2v) is 4.74. The summed E-state index contributed by atoms with van der Waals surface area (Å²) in [5.41, 5.74) is 1.13. The molecule has 0 saturated carbocycles. The number of benzene rings is 1. The quantitative estimate of drug-likeness (QED) is 0.638. The van der Waals surface area contributed by atoms with Crippen molar-refractivity contribution in [2.75, 3.05) is 40.1 Å². The van der Waals surface area contributed by atoms with Crippen LogP contribution in [0.3, 0.4) is 0 Å². The van der Waals surface area contributed by atoms with Crippen molar-refractivity contribution in [1.29, 1.82) is 0 Å². The molecule has 1 rings (SSSR count). The molecule has 0 fully saturated rings. The molecule has 4 nitrogen and oxygen atoms in total. The molecule has 0 aliphatic rings. The first-order valence-corrected chi connectivity index (χ1v) is 7.34. The Bertz CT molecular complexity index is 374. The molecule has 5 heteroatoms. The minimum atomic E-state index is 0.616. The van der Waals surface area contributed by atoms with Gasteiger partial charge in [0.2, 0.25) is 0 Å². The Kier molecular flexibility index (Phi) is 9.41. The third-order valence-electron chi connectivity index (χ3n) is 2.70. The fraction of sp³-hybridized carbons (Fsp3) is 0.600. The molecule has 0 saturated heterocycles. The van der Waals surface area contributed by atoms with Gasteiger partial charge in [-0.25, -0.2) is 0 Å². The molecule has 0 spiro atoms. The van der Waals surface area contributed by atoms with Crippen LogP contribution in [0.2, 0.25) is 5.02 Å². The van der Waals surface area contributed by atoms with Crippen LogP contribution in [0.15, 0.2) is 18.2 Å². The summed E-state index contributed by atoms with van der Waals surface area (Å²) in [4.78, 5) is 0. The minimum absolute atomic E-state index is 0.616. The summed E-state index contributed by atoms with van der Waals surface area (Å²) in [6.07, 6.45) is 0.866. The average Bonchev–Trinajstić information content (AvgIpc) is 2.45. The van der Waals surface area contributed by atoms with Gasteiger partial charge in [0.1, 0.15) is 5.75 Å². The van der Waals surface area contributed by atoms with E-state index in [1.54, 1.807) is 7.11 Å². The van der Waals surface area contributed by atoms with Crippen LogP contribution < -0.4 is 10.1 Å². The number of ether oxygens (including phenoxy) is 3. The monoisotopic (exact) mass is 301 g/mol. The Morgan fingerprint density at radius 2 is 2.05 bits per heavy atom. The minimum Gasteiger partial charge on any atom is -0.492 e. The zero-order chi connectivity index (χ0) is 14.6. The standard InChI is InChI=1S/C15H24ClNO3/c1-3-19-8-4-9-20-15-6-5-13(11-14(15)16)12-17-7-10-18-2/h5-6,11,17H,3-4,7-10,12H2,1-2H3. The molecule has 1 N–H and O–H groups in total. The molecule has 0 aliphatic heterocycles. The first-order chi connectivity index (χ1) is 9.77. The van der Waals surface area contributed by atoms with Crippen molar-refractivity contribution in [3.63, 3.8) is 0 Å². The van der Waals surface area contributed by atoms with Crippen LogP contribution in [-0.2, 0) is 16.0 Å². The van der Waals surface area contributed by atoms with Gasteiger partial charge in [-0.15, -0.1) is 0 Å². The lowest BCUT2D eigenvalue weighted by Crippen LogP contribution is -2.18. The molecule has 1 aromatic rings. The first-order valence-electron chi connectivity index (χ1n) is 6.96. The number of hydrogen-bond donors (Lipinski definition) is 1. The van der Waals surface area contributed by atoms with Crippen LogP contribution in [0.4, 0.5) is 0 Å². The molecule has 0 bridgehead atoms. The van der Waals surface area contributed by atoms with Crippen LogP contribution in [0.1, 0.15) is 18.9 Å². The van der Waals surface area contributed by atoms with Crippen molar-refractivity contribution in [3.8, 4) is 5.75 Å². The number of nitrogens with one attached hydrogen (secondary N) is 1. The molecule has 1 aromatic carbocycles. The van der Waals surface area contributed by atoms with Crippen molar-refractivity contribution >= 4 is 11.6 Å². The van der Waals surface area contributed by atoms with Crippen molar-refractivity contribution < 1.29 is 14.2 Å². The molecule has 0 atom stereocenters. The highest BCUT2D eigenvalue weighted by atomic mass is 35.5. The summed E-state index contributed by atoms with van der Waals surface area (Å²) >= 11 is 6.20. The van der Waals surface area contributed by atoms with Crippen molar-refractivity contribution in [2.45, 2.75) is 19.9 Å². The van der Waals surface area contributed by atoms with E-state index in [9.17, 15) is 0 Å². The predicted octanol–water partition coefficient (Wildman–Crippen LogP) is 2.88. The van der Waals surface area contributed by atoms with Gasteiger partial charge in [0.15, 0.2) is 0 Å². The smallest absolute Gasteiger partial charge is 0.137 e. The van der Waals surface area contributed by atoms with Gasteiger partial charge in [-0.2, -0.15) is 0 Å². The SMILES string of the molecule is CCOCCCOc1ccc(CNCCOC)cc1Cl. The van der Waals surface area contributed by atoms with Gasteiger partial charge in [0.05, 0.1) is 18.2 Å². The van der Waals surface area contributed by atoms with E-state index in [-0.39, 0.29) is 0 Å². The molecule has 0 heterocycles. The summed E-state index contributed by atoms with van der Waals surface area (Å²) in [6.45, 7) is 6.36. The Morgan fingerprint density at radius 1 is 1.20 bits per heavy atom. The first kappa shape index (κ1) is 17.2. The van der Waals surface area contributed by atoms with E-state index in [1.165, 1.54) is 0 Å². The Hall–Kier alpha value is -0.810. The largest absolute Gasteiger partial charge is 0.492 e. The molecule has 0 amide bonds. The summed E-state index contributed by atoms with van der Waals surface area (Å²) in [6, 6.07) is 5.86. The second kappa shape index (κ2) is 10.9. The van der Waals surface area contributed by atoms with Crippen LogP contribution in [0.5, 0.6) is 5.75 Å². The van der Waals surface area contributed by atoms with Gasteiger partial charge < -0.3 is 19.5 Å². The molecular weight excluding hydrogens is 278 g/mol. The van der Waals surface area contributed by atoms with Crippen molar-refractivity contribution in [3.05, 3.63) is 28.8 Å². The summed E-state index contributed by atoms with van der Waals surface area (Å²) in [5.74, 6) is 0.726. The van der Waals surface area contributed by atoms with E-state index in [0.717, 1.165) is 44.0 Å². The summed E-state index contributed by atoms with van der Waals surface area (Å²) < 4.78 is 15.9. The maximum atomic E-state index is 6.20. The van der Waals surface area contributed by atoms with Gasteiger partial charge in [0, 0.05) is 39.8 Å². The average molecular weight is 302 g/mol. The highest BCUT2D eigenvalue weighted by Crippen LogP contribution is 2.25. The molecule has 0 aliphatic carbocycles. The molecule has 0 radical (unpaired) electrons. The van der Waals surface area contributed by atoms with E-state index < -0.39 is 0 Å². The lowest BCUT2D eigenvalue weighted by atomic mass is 10.2. The zero-order valence-electron chi connectivity index (χ0n) is 12.3. The maximum absolute atomic E-state index is 6.20. The zero-order valence-corrected chi connectivity index (χ0v) is 13.0. The Morgan fingerprint density at radius 3 is 2.75 bits per heavy atom. The van der Waals surface area contributed by atoms with Crippen LogP contribution in [-0.4, -0.2) is 40.1 Å². The molecule has 0 aromatic heterocycles. The van der Waals surface area contributed by atoms with E-state index >= 15 is 0 Å². The highest BCUT2D eigenvalue weighted by Gasteiger charge is 2.03.